The third kappa shape index (κ3) is 3.82. The van der Waals surface area contributed by atoms with Gasteiger partial charge in [-0.1, -0.05) is 6.07 Å². The maximum atomic E-state index is 12.7. The summed E-state index contributed by atoms with van der Waals surface area (Å²) >= 11 is 3.34. The molecule has 1 heterocycles. The summed E-state index contributed by atoms with van der Waals surface area (Å²) < 4.78 is 0.794. The van der Waals surface area contributed by atoms with Gasteiger partial charge >= 0.3 is 0 Å². The summed E-state index contributed by atoms with van der Waals surface area (Å²) in [6, 6.07) is 9.20. The van der Waals surface area contributed by atoms with Crippen LogP contribution in [0, 0.1) is 0 Å². The summed E-state index contributed by atoms with van der Waals surface area (Å²) in [5.74, 6) is -0.0342. The van der Waals surface area contributed by atoms with Crippen molar-refractivity contribution in [3.8, 4) is 0 Å². The molecule has 1 aromatic carbocycles. The molecule has 5 heteroatoms. The quantitative estimate of drug-likeness (QED) is 0.861. The highest BCUT2D eigenvalue weighted by Gasteiger charge is 2.19. The molecule has 0 aliphatic heterocycles. The van der Waals surface area contributed by atoms with E-state index in [2.05, 4.69) is 20.9 Å². The van der Waals surface area contributed by atoms with Gasteiger partial charge in [-0.3, -0.25) is 9.78 Å². The number of benzene rings is 1. The number of nitrogens with two attached hydrogens (primary N) is 1. The molecule has 1 amide bonds. The number of nitrogen functional groups attached to an aromatic ring is 1. The van der Waals surface area contributed by atoms with Crippen LogP contribution in [0.15, 0.2) is 47.2 Å². The van der Waals surface area contributed by atoms with Crippen molar-refractivity contribution in [2.45, 2.75) is 26.4 Å². The Morgan fingerprint density at radius 3 is 2.71 bits per heavy atom. The first kappa shape index (κ1) is 15.5. The maximum absolute atomic E-state index is 12.7. The molecule has 0 radical (unpaired) electrons. The normalized spacial score (nSPS) is 10.7. The average Bonchev–Trinajstić information content (AvgIpc) is 2.47. The number of nitrogens with zero attached hydrogens (tertiary/aromatic N) is 2. The van der Waals surface area contributed by atoms with Gasteiger partial charge in [0.1, 0.15) is 0 Å². The van der Waals surface area contributed by atoms with Gasteiger partial charge in [-0.25, -0.2) is 0 Å². The summed E-state index contributed by atoms with van der Waals surface area (Å²) in [4.78, 5) is 18.6. The maximum Gasteiger partial charge on any atom is 0.254 e. The van der Waals surface area contributed by atoms with E-state index in [9.17, 15) is 4.79 Å². The molecule has 4 nitrogen and oxygen atoms in total. The lowest BCUT2D eigenvalue weighted by molar-refractivity contribution is 0.0690. The van der Waals surface area contributed by atoms with Crippen LogP contribution in [0.3, 0.4) is 0 Å². The second kappa shape index (κ2) is 6.72. The van der Waals surface area contributed by atoms with E-state index in [0.29, 0.717) is 17.8 Å². The van der Waals surface area contributed by atoms with Crippen LogP contribution in [0.1, 0.15) is 29.8 Å². The molecule has 0 unspecified atom stereocenters. The number of halogens is 1. The Morgan fingerprint density at radius 1 is 1.38 bits per heavy atom. The third-order valence-electron chi connectivity index (χ3n) is 3.20. The Bertz CT molecular complexity index is 629. The number of rotatable bonds is 4. The Balaban J connectivity index is 2.25. The van der Waals surface area contributed by atoms with E-state index in [4.69, 9.17) is 5.73 Å². The van der Waals surface area contributed by atoms with Crippen molar-refractivity contribution in [1.29, 1.82) is 0 Å². The predicted octanol–water partition coefficient (Wildman–Crippen LogP) is 3.48. The lowest BCUT2D eigenvalue weighted by atomic mass is 10.1. The second-order valence-electron chi connectivity index (χ2n) is 5.12. The number of hydrogen-bond donors (Lipinski definition) is 1. The Hall–Kier alpha value is -1.88. The van der Waals surface area contributed by atoms with Gasteiger partial charge in [0.25, 0.3) is 5.91 Å². The smallest absolute Gasteiger partial charge is 0.254 e. The van der Waals surface area contributed by atoms with Crippen LogP contribution < -0.4 is 5.73 Å². The number of amides is 1. The molecule has 0 bridgehead atoms. The third-order valence-corrected chi connectivity index (χ3v) is 3.93. The zero-order valence-corrected chi connectivity index (χ0v) is 13.7. The Labute approximate surface area is 133 Å². The predicted molar refractivity (Wildman–Crippen MR) is 87.8 cm³/mol. The Kier molecular flexibility index (Phi) is 4.96. The van der Waals surface area contributed by atoms with Gasteiger partial charge in [-0.15, -0.1) is 0 Å². The van der Waals surface area contributed by atoms with E-state index in [-0.39, 0.29) is 11.9 Å². The van der Waals surface area contributed by atoms with E-state index in [1.54, 1.807) is 35.5 Å². The zero-order chi connectivity index (χ0) is 15.4. The number of carbonyl (C=O) groups excluding carboxylic acids is 1. The monoisotopic (exact) mass is 347 g/mol. The molecule has 0 saturated carbocycles. The number of aromatic nitrogens is 1. The van der Waals surface area contributed by atoms with Crippen molar-refractivity contribution in [2.75, 3.05) is 5.73 Å². The average molecular weight is 348 g/mol. The van der Waals surface area contributed by atoms with Gasteiger partial charge in [0.05, 0.1) is 0 Å². The minimum Gasteiger partial charge on any atom is -0.398 e. The molecule has 0 aliphatic rings. The van der Waals surface area contributed by atoms with Crippen LogP contribution in [-0.2, 0) is 6.54 Å². The molecular formula is C16H18BrN3O. The lowest BCUT2D eigenvalue weighted by Gasteiger charge is -2.27. The number of anilines is 1. The van der Waals surface area contributed by atoms with Crippen LogP contribution in [0.4, 0.5) is 5.69 Å². The van der Waals surface area contributed by atoms with Crippen molar-refractivity contribution in [2.24, 2.45) is 0 Å². The molecule has 0 atom stereocenters. The minimum absolute atomic E-state index is 0.0342. The second-order valence-corrected chi connectivity index (χ2v) is 5.98. The summed E-state index contributed by atoms with van der Waals surface area (Å²) in [6.45, 7) is 4.52. The van der Waals surface area contributed by atoms with Crippen LogP contribution in [0.25, 0.3) is 0 Å². The van der Waals surface area contributed by atoms with Crippen molar-refractivity contribution in [3.05, 3.63) is 58.3 Å². The first-order valence-electron chi connectivity index (χ1n) is 6.74. The lowest BCUT2D eigenvalue weighted by Crippen LogP contribution is -2.36. The fourth-order valence-electron chi connectivity index (χ4n) is 2.02. The number of carbonyl (C=O) groups is 1. The number of pyridine rings is 1. The summed E-state index contributed by atoms with van der Waals surface area (Å²) in [6.07, 6.45) is 3.50. The van der Waals surface area contributed by atoms with E-state index in [1.165, 1.54) is 0 Å². The standard InChI is InChI=1S/C16H18BrN3O/c1-11(2)20(10-12-4-3-7-19-9-12)16(21)13-5-6-14(17)15(18)8-13/h3-9,11H,10,18H2,1-2H3. The van der Waals surface area contributed by atoms with Gasteiger partial charge in [0.15, 0.2) is 0 Å². The van der Waals surface area contributed by atoms with Gasteiger partial charge in [-0.2, -0.15) is 0 Å². The summed E-state index contributed by atoms with van der Waals surface area (Å²) in [7, 11) is 0. The van der Waals surface area contributed by atoms with Gasteiger partial charge in [-0.05, 0) is 59.6 Å². The zero-order valence-electron chi connectivity index (χ0n) is 12.1. The van der Waals surface area contributed by atoms with Crippen LogP contribution in [-0.4, -0.2) is 21.8 Å². The van der Waals surface area contributed by atoms with Crippen molar-refractivity contribution < 1.29 is 4.79 Å². The SMILES string of the molecule is CC(C)N(Cc1cccnc1)C(=O)c1ccc(Br)c(N)c1. The molecule has 0 spiro atoms. The van der Waals surface area contributed by atoms with Crippen LogP contribution in [0.5, 0.6) is 0 Å². The molecule has 0 saturated heterocycles. The van der Waals surface area contributed by atoms with E-state index >= 15 is 0 Å². The van der Waals surface area contributed by atoms with Crippen LogP contribution >= 0.6 is 15.9 Å². The minimum atomic E-state index is -0.0342. The molecule has 2 N–H and O–H groups in total. The molecule has 21 heavy (non-hydrogen) atoms. The highest BCUT2D eigenvalue weighted by atomic mass is 79.9. The highest BCUT2D eigenvalue weighted by Crippen LogP contribution is 2.22. The molecule has 0 fully saturated rings. The highest BCUT2D eigenvalue weighted by molar-refractivity contribution is 9.10. The topological polar surface area (TPSA) is 59.2 Å². The first-order valence-corrected chi connectivity index (χ1v) is 7.53. The summed E-state index contributed by atoms with van der Waals surface area (Å²) in [5.41, 5.74) is 8.02. The fraction of sp³-hybridized carbons (Fsp3) is 0.250. The first-order chi connectivity index (χ1) is 9.99. The molecular weight excluding hydrogens is 330 g/mol. The van der Waals surface area contributed by atoms with Gasteiger partial charge in [0.2, 0.25) is 0 Å². The van der Waals surface area contributed by atoms with Gasteiger partial charge in [0, 0.05) is 40.7 Å². The van der Waals surface area contributed by atoms with Crippen molar-refractivity contribution in [1.82, 2.24) is 9.88 Å². The molecule has 1 aromatic heterocycles. The van der Waals surface area contributed by atoms with E-state index in [0.717, 1.165) is 10.0 Å². The Morgan fingerprint density at radius 2 is 2.14 bits per heavy atom. The molecule has 0 aliphatic carbocycles. The molecule has 2 aromatic rings. The van der Waals surface area contributed by atoms with Crippen LogP contribution in [0.2, 0.25) is 0 Å². The van der Waals surface area contributed by atoms with Gasteiger partial charge < -0.3 is 10.6 Å². The number of hydrogen-bond acceptors (Lipinski definition) is 3. The largest absolute Gasteiger partial charge is 0.398 e. The summed E-state index contributed by atoms with van der Waals surface area (Å²) in [5, 5.41) is 0. The van der Waals surface area contributed by atoms with E-state index < -0.39 is 0 Å². The molecule has 110 valence electrons. The van der Waals surface area contributed by atoms with Crippen molar-refractivity contribution in [3.63, 3.8) is 0 Å². The fourth-order valence-corrected chi connectivity index (χ4v) is 2.27. The van der Waals surface area contributed by atoms with E-state index in [1.807, 2.05) is 26.0 Å². The van der Waals surface area contributed by atoms with Crippen molar-refractivity contribution >= 4 is 27.5 Å². The molecule has 2 rings (SSSR count).